The van der Waals surface area contributed by atoms with Gasteiger partial charge in [-0.15, -0.1) is 0 Å². The van der Waals surface area contributed by atoms with E-state index in [1.165, 1.54) is 12.3 Å². The van der Waals surface area contributed by atoms with Gasteiger partial charge in [-0.3, -0.25) is 14.4 Å². The number of oxime groups is 1. The number of rotatable bonds is 7. The van der Waals surface area contributed by atoms with Gasteiger partial charge < -0.3 is 29.5 Å². The van der Waals surface area contributed by atoms with E-state index in [9.17, 15) is 28.3 Å². The molecule has 0 aliphatic carbocycles. The van der Waals surface area contributed by atoms with E-state index in [0.29, 0.717) is 31.0 Å². The molecule has 224 valence electrons. The number of hydrogen-bond donors (Lipinski definition) is 2. The van der Waals surface area contributed by atoms with Crippen LogP contribution in [0.25, 0.3) is 0 Å². The quantitative estimate of drug-likeness (QED) is 0.434. The summed E-state index contributed by atoms with van der Waals surface area (Å²) in [7, 11) is 0. The largest absolute Gasteiger partial charge is 0.483 e. The van der Waals surface area contributed by atoms with E-state index in [2.05, 4.69) is 10.5 Å². The first-order valence-corrected chi connectivity index (χ1v) is 14.0. The fraction of sp³-hybridized carbons (Fsp3) is 0.355. The minimum atomic E-state index is -0.937. The number of carbonyl (C=O) groups excluding carboxylic acids is 2. The summed E-state index contributed by atoms with van der Waals surface area (Å²) >= 11 is 0. The van der Waals surface area contributed by atoms with Gasteiger partial charge in [0.2, 0.25) is 5.43 Å². The van der Waals surface area contributed by atoms with E-state index in [0.717, 1.165) is 11.6 Å². The van der Waals surface area contributed by atoms with Crippen molar-refractivity contribution in [1.82, 2.24) is 14.8 Å². The first-order valence-electron chi connectivity index (χ1n) is 14.0. The van der Waals surface area contributed by atoms with E-state index < -0.39 is 40.5 Å². The third kappa shape index (κ3) is 5.16. The van der Waals surface area contributed by atoms with Gasteiger partial charge in [0.1, 0.15) is 23.8 Å². The molecule has 1 saturated heterocycles. The van der Waals surface area contributed by atoms with Crippen LogP contribution in [0.3, 0.4) is 0 Å². The Morgan fingerprint density at radius 2 is 2.00 bits per heavy atom. The maximum atomic E-state index is 14.3. The maximum absolute atomic E-state index is 14.3. The molecule has 12 heteroatoms. The summed E-state index contributed by atoms with van der Waals surface area (Å²) < 4.78 is 35.2. The molecule has 3 aliphatic rings. The zero-order valence-electron chi connectivity index (χ0n) is 23.4. The second-order valence-electron chi connectivity index (χ2n) is 11.2. The topological polar surface area (TPSA) is 122 Å². The smallest absolute Gasteiger partial charge is 0.274 e. The van der Waals surface area contributed by atoms with Crippen molar-refractivity contribution in [2.24, 2.45) is 5.16 Å². The molecule has 0 unspecified atom stereocenters. The van der Waals surface area contributed by atoms with Crippen LogP contribution in [-0.2, 0) is 18.0 Å². The lowest BCUT2D eigenvalue weighted by Crippen LogP contribution is -2.52. The van der Waals surface area contributed by atoms with Crippen LogP contribution in [0, 0.1) is 11.6 Å². The average molecular weight is 593 g/mol. The van der Waals surface area contributed by atoms with Crippen molar-refractivity contribution in [3.63, 3.8) is 0 Å². The van der Waals surface area contributed by atoms with Gasteiger partial charge in [-0.2, -0.15) is 0 Å². The van der Waals surface area contributed by atoms with Crippen molar-refractivity contribution >= 4 is 17.5 Å². The summed E-state index contributed by atoms with van der Waals surface area (Å²) in [6.45, 7) is 1.51. The highest BCUT2D eigenvalue weighted by Crippen LogP contribution is 2.46. The fourth-order valence-electron chi connectivity index (χ4n) is 6.06. The molecule has 3 aromatic rings. The van der Waals surface area contributed by atoms with Crippen molar-refractivity contribution in [2.45, 2.75) is 57.0 Å². The molecule has 0 radical (unpaired) electrons. The van der Waals surface area contributed by atoms with Gasteiger partial charge in [0.15, 0.2) is 17.0 Å². The maximum Gasteiger partial charge on any atom is 0.274 e. The molecule has 1 aromatic heterocycles. The lowest BCUT2D eigenvalue weighted by molar-refractivity contribution is -0.0656. The second-order valence-corrected chi connectivity index (χ2v) is 11.2. The Kier molecular flexibility index (Phi) is 7.47. The molecule has 43 heavy (non-hydrogen) atoms. The van der Waals surface area contributed by atoms with Gasteiger partial charge in [0.25, 0.3) is 11.8 Å². The Bertz CT molecular complexity index is 1680. The summed E-state index contributed by atoms with van der Waals surface area (Å²) in [5, 5.41) is 16.4. The van der Waals surface area contributed by atoms with Crippen molar-refractivity contribution in [3.05, 3.63) is 99.0 Å². The Morgan fingerprint density at radius 3 is 2.72 bits per heavy atom. The standard InChI is InChI=1S/C31H30F2N4O6/c1-18-9-10-31(12-22(16-38)35-43-31)25-15-36(18)30(41)26-28(42-17-19-5-3-2-4-6-19)27(39)23(14-37(25)26)29(40)34-13-20-7-8-21(32)11-24(20)33/h2-8,11,14,18,25,38H,9-10,12-13,15-17H2,1H3,(H,34,40)/t18-,25+,31-/m0/s1. The summed E-state index contributed by atoms with van der Waals surface area (Å²) in [4.78, 5) is 49.0. The summed E-state index contributed by atoms with van der Waals surface area (Å²) in [5.41, 5.74) is -0.823. The summed E-state index contributed by atoms with van der Waals surface area (Å²) in [6, 6.07) is 11.3. The number of pyridine rings is 1. The van der Waals surface area contributed by atoms with E-state index in [4.69, 9.17) is 9.57 Å². The van der Waals surface area contributed by atoms with Crippen LogP contribution < -0.4 is 15.5 Å². The minimum absolute atomic E-state index is 0.00696. The lowest BCUT2D eigenvalue weighted by Gasteiger charge is -2.42. The Morgan fingerprint density at radius 1 is 1.21 bits per heavy atom. The number of benzene rings is 2. The SMILES string of the molecule is C[C@H]1CC[C@]2(CC(CO)=NO2)[C@H]2CN1C(=O)c1c(OCc3ccccc3)c(=O)c(C(=O)NCc3ccc(F)cc3F)cn12. The third-order valence-electron chi connectivity index (χ3n) is 8.45. The van der Waals surface area contributed by atoms with Gasteiger partial charge in [-0.05, 0) is 31.4 Å². The van der Waals surface area contributed by atoms with E-state index >= 15 is 0 Å². The van der Waals surface area contributed by atoms with Gasteiger partial charge in [0.05, 0.1) is 18.4 Å². The van der Waals surface area contributed by atoms with Crippen LogP contribution in [0.1, 0.15) is 64.2 Å². The number of fused-ring (bicyclic) bond motifs is 5. The fourth-order valence-corrected chi connectivity index (χ4v) is 6.06. The molecular weight excluding hydrogens is 562 g/mol. The van der Waals surface area contributed by atoms with Gasteiger partial charge in [-0.1, -0.05) is 41.6 Å². The number of carbonyl (C=O) groups is 2. The highest BCUT2D eigenvalue weighted by Gasteiger charge is 2.54. The van der Waals surface area contributed by atoms with Crippen LogP contribution in [0.15, 0.2) is 64.7 Å². The van der Waals surface area contributed by atoms with E-state index in [1.54, 1.807) is 21.6 Å². The number of hydrogen-bond acceptors (Lipinski definition) is 7. The Labute approximate surface area is 245 Å². The molecule has 3 atom stereocenters. The molecule has 4 heterocycles. The zero-order chi connectivity index (χ0) is 30.3. The number of aromatic nitrogens is 1. The molecule has 1 spiro atoms. The number of nitrogens with zero attached hydrogens (tertiary/aromatic N) is 3. The number of nitrogens with one attached hydrogen (secondary N) is 1. The second kappa shape index (κ2) is 11.3. The van der Waals surface area contributed by atoms with Crippen LogP contribution in [0.5, 0.6) is 5.75 Å². The van der Waals surface area contributed by atoms with Crippen molar-refractivity contribution in [1.29, 1.82) is 0 Å². The molecule has 2 N–H and O–H groups in total. The van der Waals surface area contributed by atoms with Crippen molar-refractivity contribution < 1.29 is 33.1 Å². The summed E-state index contributed by atoms with van der Waals surface area (Å²) in [6.07, 6.45) is 2.72. The lowest BCUT2D eigenvalue weighted by atomic mass is 9.84. The van der Waals surface area contributed by atoms with Crippen molar-refractivity contribution in [2.75, 3.05) is 13.2 Å². The molecule has 2 bridgehead atoms. The zero-order valence-corrected chi connectivity index (χ0v) is 23.4. The molecule has 3 aliphatic heterocycles. The number of aliphatic hydroxyl groups is 1. The number of aliphatic hydroxyl groups excluding tert-OH is 1. The average Bonchev–Trinajstić information content (AvgIpc) is 3.38. The van der Waals surface area contributed by atoms with Crippen LogP contribution in [0.4, 0.5) is 8.78 Å². The first kappa shape index (κ1) is 28.5. The molecule has 1 fully saturated rings. The Balaban J connectivity index is 1.45. The Hall–Kier alpha value is -4.58. The molecule has 0 saturated carbocycles. The molecule has 2 aromatic carbocycles. The number of ether oxygens (including phenoxy) is 1. The monoisotopic (exact) mass is 592 g/mol. The molecule has 6 rings (SSSR count). The number of halogens is 2. The molecule has 2 amide bonds. The van der Waals surface area contributed by atoms with Crippen LogP contribution in [-0.4, -0.2) is 56.9 Å². The van der Waals surface area contributed by atoms with Gasteiger partial charge in [0, 0.05) is 43.4 Å². The van der Waals surface area contributed by atoms with Crippen LogP contribution in [0.2, 0.25) is 0 Å². The normalized spacial score (nSPS) is 22.5. The predicted molar refractivity (Wildman–Crippen MR) is 151 cm³/mol. The van der Waals surface area contributed by atoms with Crippen molar-refractivity contribution in [3.8, 4) is 5.75 Å². The van der Waals surface area contributed by atoms with E-state index in [-0.39, 0.29) is 54.9 Å². The van der Waals surface area contributed by atoms with E-state index in [1.807, 2.05) is 25.1 Å². The molecular formula is C31H30F2N4O6. The summed E-state index contributed by atoms with van der Waals surface area (Å²) in [5.74, 6) is -3.11. The predicted octanol–water partition coefficient (Wildman–Crippen LogP) is 3.32. The molecule has 10 nitrogen and oxygen atoms in total. The highest BCUT2D eigenvalue weighted by atomic mass is 19.1. The van der Waals surface area contributed by atoms with Gasteiger partial charge >= 0.3 is 0 Å². The first-order chi connectivity index (χ1) is 20.7. The van der Waals surface area contributed by atoms with Gasteiger partial charge in [-0.25, -0.2) is 8.78 Å². The minimum Gasteiger partial charge on any atom is -0.483 e. The van der Waals surface area contributed by atoms with Crippen LogP contribution >= 0.6 is 0 Å². The number of amides is 2. The third-order valence-corrected chi connectivity index (χ3v) is 8.45. The highest BCUT2D eigenvalue weighted by molar-refractivity contribution is 5.99.